The van der Waals surface area contributed by atoms with Crippen LogP contribution in [0.2, 0.25) is 0 Å². The molecule has 1 aliphatic rings. The molecule has 1 aromatic carbocycles. The van der Waals surface area contributed by atoms with Gasteiger partial charge in [-0.15, -0.1) is 11.8 Å². The molecule has 19 heavy (non-hydrogen) atoms. The number of amides is 2. The summed E-state index contributed by atoms with van der Waals surface area (Å²) < 4.78 is 0. The van der Waals surface area contributed by atoms with Crippen LogP contribution in [0.3, 0.4) is 0 Å². The lowest BCUT2D eigenvalue weighted by Gasteiger charge is -2.33. The van der Waals surface area contributed by atoms with Crippen molar-refractivity contribution in [2.24, 2.45) is 5.41 Å². The summed E-state index contributed by atoms with van der Waals surface area (Å²) in [5, 5.41) is 3.46. The van der Waals surface area contributed by atoms with Crippen LogP contribution in [0.5, 0.6) is 0 Å². The van der Waals surface area contributed by atoms with Crippen molar-refractivity contribution in [1.82, 2.24) is 5.32 Å². The number of fused-ring (bicyclic) bond motifs is 1. The molecule has 1 aromatic rings. The molecule has 2 amide bonds. The van der Waals surface area contributed by atoms with Gasteiger partial charge in [-0.25, -0.2) is 4.79 Å². The van der Waals surface area contributed by atoms with Gasteiger partial charge in [0.2, 0.25) is 0 Å². The second-order valence-corrected chi connectivity index (χ2v) is 7.71. The largest absolute Gasteiger partial charge is 0.337 e. The van der Waals surface area contributed by atoms with Crippen molar-refractivity contribution in [3.63, 3.8) is 0 Å². The second kappa shape index (κ2) is 5.45. The number of rotatable bonds is 1. The van der Waals surface area contributed by atoms with Crippen molar-refractivity contribution in [3.8, 4) is 0 Å². The number of hydrogen-bond donors (Lipinski definition) is 1. The zero-order valence-electron chi connectivity index (χ0n) is 12.1. The molecule has 0 saturated heterocycles. The van der Waals surface area contributed by atoms with E-state index in [0.29, 0.717) is 11.8 Å². The zero-order chi connectivity index (χ0) is 14.0. The van der Waals surface area contributed by atoms with Crippen LogP contribution in [0.25, 0.3) is 0 Å². The Morgan fingerprint density at radius 1 is 1.42 bits per heavy atom. The standard InChI is InChI=1S/C15H22N2OS/c1-11-9-17(14(18)16-10-15(2,3)4)12-7-5-6-8-13(12)19-11/h5-8,11H,9-10H2,1-4H3,(H,16,18). The minimum Gasteiger partial charge on any atom is -0.337 e. The maximum absolute atomic E-state index is 12.4. The van der Waals surface area contributed by atoms with Crippen LogP contribution >= 0.6 is 11.8 Å². The minimum absolute atomic E-state index is 0.00882. The van der Waals surface area contributed by atoms with Crippen LogP contribution in [-0.2, 0) is 0 Å². The average molecular weight is 278 g/mol. The molecule has 1 unspecified atom stereocenters. The van der Waals surface area contributed by atoms with E-state index in [1.807, 2.05) is 34.9 Å². The Bertz CT molecular complexity index is 467. The molecule has 0 saturated carbocycles. The van der Waals surface area contributed by atoms with E-state index in [0.717, 1.165) is 12.2 Å². The number of hydrogen-bond acceptors (Lipinski definition) is 2. The van der Waals surface area contributed by atoms with E-state index in [4.69, 9.17) is 0 Å². The lowest BCUT2D eigenvalue weighted by atomic mass is 9.97. The highest BCUT2D eigenvalue weighted by molar-refractivity contribution is 8.00. The van der Waals surface area contributed by atoms with Crippen LogP contribution in [0, 0.1) is 5.41 Å². The molecular formula is C15H22N2OS. The fraction of sp³-hybridized carbons (Fsp3) is 0.533. The molecule has 1 heterocycles. The number of para-hydroxylation sites is 1. The lowest BCUT2D eigenvalue weighted by Crippen LogP contribution is -2.46. The SMILES string of the molecule is CC1CN(C(=O)NCC(C)(C)C)c2ccccc2S1. The highest BCUT2D eigenvalue weighted by Gasteiger charge is 2.27. The maximum atomic E-state index is 12.4. The van der Waals surface area contributed by atoms with E-state index in [2.05, 4.69) is 39.1 Å². The summed E-state index contributed by atoms with van der Waals surface area (Å²) in [6.45, 7) is 9.97. The first kappa shape index (κ1) is 14.3. The first-order valence-electron chi connectivity index (χ1n) is 6.68. The van der Waals surface area contributed by atoms with Crippen LogP contribution in [0.4, 0.5) is 10.5 Å². The Morgan fingerprint density at radius 2 is 2.11 bits per heavy atom. The van der Waals surface area contributed by atoms with Crippen LogP contribution in [0.1, 0.15) is 27.7 Å². The Balaban J connectivity index is 2.14. The average Bonchev–Trinajstić information content (AvgIpc) is 2.34. The number of carbonyl (C=O) groups excluding carboxylic acids is 1. The number of carbonyl (C=O) groups is 1. The first-order chi connectivity index (χ1) is 8.87. The Labute approximate surface area is 119 Å². The van der Waals surface area contributed by atoms with Gasteiger partial charge in [-0.05, 0) is 17.5 Å². The summed E-state index contributed by atoms with van der Waals surface area (Å²) in [5.41, 5.74) is 1.13. The van der Waals surface area contributed by atoms with Crippen LogP contribution < -0.4 is 10.2 Å². The third-order valence-corrected chi connectivity index (χ3v) is 4.09. The molecule has 1 N–H and O–H groups in total. The molecule has 2 rings (SSSR count). The van der Waals surface area contributed by atoms with Crippen LogP contribution in [-0.4, -0.2) is 24.4 Å². The van der Waals surface area contributed by atoms with E-state index < -0.39 is 0 Å². The molecule has 1 aliphatic heterocycles. The molecule has 1 atom stereocenters. The molecule has 0 spiro atoms. The van der Waals surface area contributed by atoms with Crippen molar-refractivity contribution in [2.45, 2.75) is 37.8 Å². The van der Waals surface area contributed by atoms with Gasteiger partial charge in [0, 0.05) is 23.2 Å². The van der Waals surface area contributed by atoms with Crippen LogP contribution in [0.15, 0.2) is 29.2 Å². The van der Waals surface area contributed by atoms with Gasteiger partial charge in [0.05, 0.1) is 5.69 Å². The van der Waals surface area contributed by atoms with Gasteiger partial charge in [0.15, 0.2) is 0 Å². The fourth-order valence-electron chi connectivity index (χ4n) is 2.02. The van der Waals surface area contributed by atoms with Crippen molar-refractivity contribution in [3.05, 3.63) is 24.3 Å². The van der Waals surface area contributed by atoms with Crippen molar-refractivity contribution in [2.75, 3.05) is 18.0 Å². The van der Waals surface area contributed by atoms with E-state index >= 15 is 0 Å². The van der Waals surface area contributed by atoms with Gasteiger partial charge < -0.3 is 5.32 Å². The molecule has 4 heteroatoms. The zero-order valence-corrected chi connectivity index (χ0v) is 12.9. The summed E-state index contributed by atoms with van der Waals surface area (Å²) >= 11 is 1.83. The minimum atomic E-state index is 0.00882. The van der Waals surface area contributed by atoms with Crippen molar-refractivity contribution >= 4 is 23.5 Å². The predicted molar refractivity (Wildman–Crippen MR) is 82.0 cm³/mol. The molecule has 0 radical (unpaired) electrons. The first-order valence-corrected chi connectivity index (χ1v) is 7.56. The Morgan fingerprint density at radius 3 is 2.79 bits per heavy atom. The van der Waals surface area contributed by atoms with Gasteiger partial charge in [0.1, 0.15) is 0 Å². The highest BCUT2D eigenvalue weighted by Crippen LogP contribution is 2.38. The van der Waals surface area contributed by atoms with E-state index in [1.165, 1.54) is 4.90 Å². The predicted octanol–water partition coefficient (Wildman–Crippen LogP) is 3.74. The number of nitrogens with zero attached hydrogens (tertiary/aromatic N) is 1. The van der Waals surface area contributed by atoms with Gasteiger partial charge in [-0.2, -0.15) is 0 Å². The van der Waals surface area contributed by atoms with E-state index in [9.17, 15) is 4.79 Å². The fourth-order valence-corrected chi connectivity index (χ4v) is 3.13. The highest BCUT2D eigenvalue weighted by atomic mass is 32.2. The monoisotopic (exact) mass is 278 g/mol. The molecule has 0 aromatic heterocycles. The third kappa shape index (κ3) is 3.66. The number of nitrogens with one attached hydrogen (secondary N) is 1. The van der Waals surface area contributed by atoms with Crippen molar-refractivity contribution in [1.29, 1.82) is 0 Å². The van der Waals surface area contributed by atoms with Gasteiger partial charge in [-0.3, -0.25) is 4.90 Å². The lowest BCUT2D eigenvalue weighted by molar-refractivity contribution is 0.241. The Hall–Kier alpha value is -1.16. The molecule has 0 aliphatic carbocycles. The van der Waals surface area contributed by atoms with Gasteiger partial charge in [-0.1, -0.05) is 39.8 Å². The smallest absolute Gasteiger partial charge is 0.321 e. The number of anilines is 1. The molecular weight excluding hydrogens is 256 g/mol. The number of urea groups is 1. The molecule has 0 fully saturated rings. The summed E-state index contributed by atoms with van der Waals surface area (Å²) in [6.07, 6.45) is 0. The van der Waals surface area contributed by atoms with E-state index in [-0.39, 0.29) is 11.4 Å². The summed E-state index contributed by atoms with van der Waals surface area (Å²) in [6, 6.07) is 8.12. The molecule has 104 valence electrons. The molecule has 0 bridgehead atoms. The number of thioether (sulfide) groups is 1. The summed E-state index contributed by atoms with van der Waals surface area (Å²) in [5.74, 6) is 0. The van der Waals surface area contributed by atoms with E-state index in [1.54, 1.807) is 0 Å². The second-order valence-electron chi connectivity index (χ2n) is 6.23. The van der Waals surface area contributed by atoms with Gasteiger partial charge >= 0.3 is 6.03 Å². The third-order valence-electron chi connectivity index (χ3n) is 2.94. The Kier molecular flexibility index (Phi) is 4.09. The summed E-state index contributed by atoms with van der Waals surface area (Å²) in [4.78, 5) is 15.4. The topological polar surface area (TPSA) is 32.3 Å². The van der Waals surface area contributed by atoms with Gasteiger partial charge in [0.25, 0.3) is 0 Å². The quantitative estimate of drug-likeness (QED) is 0.848. The summed E-state index contributed by atoms with van der Waals surface area (Å²) in [7, 11) is 0. The molecule has 3 nitrogen and oxygen atoms in total. The maximum Gasteiger partial charge on any atom is 0.321 e. The number of benzene rings is 1. The normalized spacial score (nSPS) is 18.9. The van der Waals surface area contributed by atoms with Crippen molar-refractivity contribution < 1.29 is 4.79 Å².